The first-order chi connectivity index (χ1) is 10.3. The molecule has 3 rings (SSSR count). The molecule has 0 unspecified atom stereocenters. The SMILES string of the molecule is Clc1ccc(CSc2nncn2/N=C\c2ccco2)cc1. The summed E-state index contributed by atoms with van der Waals surface area (Å²) in [6.45, 7) is 0. The van der Waals surface area contributed by atoms with Crippen LogP contribution in [0.2, 0.25) is 5.02 Å². The summed E-state index contributed by atoms with van der Waals surface area (Å²) >= 11 is 7.42. The molecule has 0 saturated carbocycles. The fourth-order valence-corrected chi connectivity index (χ4v) is 2.55. The Morgan fingerprint density at radius 2 is 2.14 bits per heavy atom. The molecule has 7 heteroatoms. The zero-order valence-electron chi connectivity index (χ0n) is 10.9. The maximum atomic E-state index is 5.87. The lowest BCUT2D eigenvalue weighted by atomic mass is 10.2. The van der Waals surface area contributed by atoms with Crippen molar-refractivity contribution in [2.24, 2.45) is 5.10 Å². The molecule has 0 amide bonds. The Balaban J connectivity index is 1.66. The van der Waals surface area contributed by atoms with Gasteiger partial charge < -0.3 is 4.42 Å². The minimum atomic E-state index is 0.678. The quantitative estimate of drug-likeness (QED) is 0.531. The van der Waals surface area contributed by atoms with Crippen molar-refractivity contribution in [1.82, 2.24) is 14.9 Å². The van der Waals surface area contributed by atoms with Gasteiger partial charge in [-0.05, 0) is 29.8 Å². The predicted molar refractivity (Wildman–Crippen MR) is 82.7 cm³/mol. The molecule has 1 aromatic carbocycles. The molecule has 0 aliphatic carbocycles. The van der Waals surface area contributed by atoms with Gasteiger partial charge in [0.25, 0.3) is 0 Å². The van der Waals surface area contributed by atoms with Crippen LogP contribution in [0.15, 0.2) is 63.7 Å². The molecule has 0 aliphatic rings. The van der Waals surface area contributed by atoms with E-state index in [4.69, 9.17) is 16.0 Å². The summed E-state index contributed by atoms with van der Waals surface area (Å²) in [5.74, 6) is 1.45. The first-order valence-corrected chi connectivity index (χ1v) is 7.53. The van der Waals surface area contributed by atoms with Gasteiger partial charge >= 0.3 is 0 Å². The van der Waals surface area contributed by atoms with Crippen molar-refractivity contribution in [3.63, 3.8) is 0 Å². The van der Waals surface area contributed by atoms with Gasteiger partial charge in [-0.25, -0.2) is 0 Å². The number of rotatable bonds is 5. The van der Waals surface area contributed by atoms with Crippen molar-refractivity contribution >= 4 is 29.6 Å². The van der Waals surface area contributed by atoms with E-state index in [2.05, 4.69) is 15.3 Å². The van der Waals surface area contributed by atoms with Gasteiger partial charge in [0.15, 0.2) is 0 Å². The Morgan fingerprint density at radius 1 is 1.29 bits per heavy atom. The topological polar surface area (TPSA) is 56.2 Å². The lowest BCUT2D eigenvalue weighted by molar-refractivity contribution is 0.559. The van der Waals surface area contributed by atoms with Crippen molar-refractivity contribution in [3.05, 3.63) is 65.3 Å². The molecule has 21 heavy (non-hydrogen) atoms. The Kier molecular flexibility index (Phi) is 4.37. The minimum Gasteiger partial charge on any atom is -0.463 e. The fraction of sp³-hybridized carbons (Fsp3) is 0.0714. The summed E-state index contributed by atoms with van der Waals surface area (Å²) < 4.78 is 6.80. The second kappa shape index (κ2) is 6.60. The van der Waals surface area contributed by atoms with E-state index in [1.807, 2.05) is 36.4 Å². The number of aromatic nitrogens is 3. The van der Waals surface area contributed by atoms with Gasteiger partial charge in [-0.15, -0.1) is 10.2 Å². The highest BCUT2D eigenvalue weighted by atomic mass is 35.5. The second-order valence-electron chi connectivity index (χ2n) is 4.13. The van der Waals surface area contributed by atoms with Crippen molar-refractivity contribution in [2.45, 2.75) is 10.9 Å². The average molecular weight is 319 g/mol. The van der Waals surface area contributed by atoms with E-state index in [0.717, 1.165) is 16.3 Å². The smallest absolute Gasteiger partial charge is 0.212 e. The molecule has 0 spiro atoms. The van der Waals surface area contributed by atoms with Crippen LogP contribution in [-0.2, 0) is 5.75 Å². The van der Waals surface area contributed by atoms with Crippen molar-refractivity contribution in [1.29, 1.82) is 0 Å². The van der Waals surface area contributed by atoms with Crippen LogP contribution in [0.3, 0.4) is 0 Å². The maximum Gasteiger partial charge on any atom is 0.212 e. The lowest BCUT2D eigenvalue weighted by Gasteiger charge is -2.01. The highest BCUT2D eigenvalue weighted by Crippen LogP contribution is 2.21. The number of thioether (sulfide) groups is 1. The summed E-state index contributed by atoms with van der Waals surface area (Å²) in [6.07, 6.45) is 4.78. The van der Waals surface area contributed by atoms with Gasteiger partial charge in [0.05, 0.1) is 12.5 Å². The maximum absolute atomic E-state index is 5.87. The Bertz CT molecular complexity index is 722. The molecule has 0 fully saturated rings. The van der Waals surface area contributed by atoms with Gasteiger partial charge in [-0.2, -0.15) is 9.78 Å². The molecular formula is C14H11ClN4OS. The summed E-state index contributed by atoms with van der Waals surface area (Å²) in [4.78, 5) is 0. The van der Waals surface area contributed by atoms with Crippen LogP contribution in [0.1, 0.15) is 11.3 Å². The van der Waals surface area contributed by atoms with Crippen LogP contribution >= 0.6 is 23.4 Å². The molecule has 0 N–H and O–H groups in total. The second-order valence-corrected chi connectivity index (χ2v) is 5.51. The summed E-state index contributed by atoms with van der Waals surface area (Å²) in [5, 5.41) is 13.6. The van der Waals surface area contributed by atoms with Crippen LogP contribution < -0.4 is 0 Å². The number of halogens is 1. The molecule has 0 radical (unpaired) electrons. The van der Waals surface area contributed by atoms with E-state index >= 15 is 0 Å². The largest absolute Gasteiger partial charge is 0.463 e. The molecule has 0 atom stereocenters. The normalized spacial score (nSPS) is 11.3. The Hall–Kier alpha value is -2.05. The molecule has 5 nitrogen and oxygen atoms in total. The first-order valence-electron chi connectivity index (χ1n) is 6.16. The molecule has 0 saturated heterocycles. The van der Waals surface area contributed by atoms with Crippen LogP contribution in [-0.4, -0.2) is 21.1 Å². The minimum absolute atomic E-state index is 0.678. The highest BCUT2D eigenvalue weighted by molar-refractivity contribution is 7.98. The third kappa shape index (κ3) is 3.74. The zero-order valence-corrected chi connectivity index (χ0v) is 12.5. The summed E-state index contributed by atoms with van der Waals surface area (Å²) in [5.41, 5.74) is 1.16. The van der Waals surface area contributed by atoms with Crippen LogP contribution in [0, 0.1) is 0 Å². The molecule has 3 aromatic rings. The number of nitrogens with zero attached hydrogens (tertiary/aromatic N) is 4. The van der Waals surface area contributed by atoms with E-state index in [1.165, 1.54) is 0 Å². The van der Waals surface area contributed by atoms with Crippen molar-refractivity contribution < 1.29 is 4.42 Å². The third-order valence-electron chi connectivity index (χ3n) is 2.63. The van der Waals surface area contributed by atoms with E-state index in [-0.39, 0.29) is 0 Å². The van der Waals surface area contributed by atoms with Crippen molar-refractivity contribution in [3.8, 4) is 0 Å². The lowest BCUT2D eigenvalue weighted by Crippen LogP contribution is -1.92. The number of hydrogen-bond donors (Lipinski definition) is 0. The van der Waals surface area contributed by atoms with E-state index in [0.29, 0.717) is 10.9 Å². The molecular weight excluding hydrogens is 308 g/mol. The monoisotopic (exact) mass is 318 g/mol. The van der Waals surface area contributed by atoms with Crippen LogP contribution in [0.4, 0.5) is 0 Å². The average Bonchev–Trinajstić information content (AvgIpc) is 3.16. The Morgan fingerprint density at radius 3 is 2.90 bits per heavy atom. The molecule has 2 heterocycles. The number of benzene rings is 1. The van der Waals surface area contributed by atoms with Gasteiger partial charge in [-0.1, -0.05) is 35.5 Å². The molecule has 106 valence electrons. The first kappa shape index (κ1) is 13.9. The molecule has 0 bridgehead atoms. The predicted octanol–water partition coefficient (Wildman–Crippen LogP) is 3.70. The van der Waals surface area contributed by atoms with Crippen LogP contribution in [0.25, 0.3) is 0 Å². The van der Waals surface area contributed by atoms with E-state index in [1.54, 1.807) is 35.2 Å². The summed E-state index contributed by atoms with van der Waals surface area (Å²) in [6, 6.07) is 11.4. The van der Waals surface area contributed by atoms with Gasteiger partial charge in [-0.3, -0.25) is 0 Å². The standard InChI is InChI=1S/C14H11ClN4OS/c15-12-5-3-11(4-6-12)9-21-14-18-16-10-19(14)17-8-13-2-1-7-20-13/h1-8,10H,9H2/b17-8-. The number of furan rings is 1. The van der Waals surface area contributed by atoms with Gasteiger partial charge in [0, 0.05) is 10.8 Å². The third-order valence-corrected chi connectivity index (χ3v) is 3.89. The van der Waals surface area contributed by atoms with Gasteiger partial charge in [0.2, 0.25) is 5.16 Å². The van der Waals surface area contributed by atoms with E-state index < -0.39 is 0 Å². The van der Waals surface area contributed by atoms with E-state index in [9.17, 15) is 0 Å². The molecule has 0 aliphatic heterocycles. The fourth-order valence-electron chi connectivity index (χ4n) is 1.61. The Labute approximate surface area is 130 Å². The molecule has 2 aromatic heterocycles. The van der Waals surface area contributed by atoms with Crippen molar-refractivity contribution in [2.75, 3.05) is 0 Å². The van der Waals surface area contributed by atoms with Gasteiger partial charge in [0.1, 0.15) is 12.1 Å². The number of hydrogen-bond acceptors (Lipinski definition) is 5. The van der Waals surface area contributed by atoms with Crippen LogP contribution in [0.5, 0.6) is 0 Å². The highest BCUT2D eigenvalue weighted by Gasteiger charge is 2.04. The zero-order chi connectivity index (χ0) is 14.5. The summed E-state index contributed by atoms with van der Waals surface area (Å²) in [7, 11) is 0.